The van der Waals surface area contributed by atoms with Crippen molar-refractivity contribution in [3.05, 3.63) is 71.3 Å². The number of halogens is 1. The van der Waals surface area contributed by atoms with Gasteiger partial charge in [0.2, 0.25) is 5.91 Å². The third-order valence-electron chi connectivity index (χ3n) is 5.51. The number of hydrogen-bond donors (Lipinski definition) is 0. The molecule has 0 spiro atoms. The molecular formula is C23H24ClN3O2. The maximum absolute atomic E-state index is 12.9. The van der Waals surface area contributed by atoms with Crippen molar-refractivity contribution in [3.63, 3.8) is 0 Å². The van der Waals surface area contributed by atoms with Gasteiger partial charge in [0.25, 0.3) is 5.91 Å². The van der Waals surface area contributed by atoms with Crippen LogP contribution in [0.2, 0.25) is 5.02 Å². The van der Waals surface area contributed by atoms with Gasteiger partial charge in [-0.1, -0.05) is 60.2 Å². The molecule has 0 saturated carbocycles. The van der Waals surface area contributed by atoms with Crippen molar-refractivity contribution in [2.75, 3.05) is 37.6 Å². The predicted octanol–water partition coefficient (Wildman–Crippen LogP) is 3.30. The Balaban J connectivity index is 1.32. The van der Waals surface area contributed by atoms with Crippen LogP contribution in [0.1, 0.15) is 12.0 Å². The van der Waals surface area contributed by atoms with Crippen molar-refractivity contribution in [2.24, 2.45) is 0 Å². The fraction of sp³-hybridized carbons (Fsp3) is 0.304. The summed E-state index contributed by atoms with van der Waals surface area (Å²) in [7, 11) is 0. The summed E-state index contributed by atoms with van der Waals surface area (Å²) in [5.41, 5.74) is 1.75. The Bertz CT molecular complexity index is 907. The van der Waals surface area contributed by atoms with Gasteiger partial charge in [-0.15, -0.1) is 0 Å². The largest absolute Gasteiger partial charge is 0.297 e. The smallest absolute Gasteiger partial charge is 0.251 e. The van der Waals surface area contributed by atoms with E-state index in [4.69, 9.17) is 11.6 Å². The van der Waals surface area contributed by atoms with E-state index in [1.807, 2.05) is 18.2 Å². The molecule has 5 nitrogen and oxygen atoms in total. The lowest BCUT2D eigenvalue weighted by Gasteiger charge is -2.36. The Morgan fingerprint density at radius 1 is 0.966 bits per heavy atom. The highest BCUT2D eigenvalue weighted by Gasteiger charge is 2.43. The first kappa shape index (κ1) is 19.8. The second kappa shape index (κ2) is 8.91. The topological polar surface area (TPSA) is 43.9 Å². The molecule has 0 aliphatic carbocycles. The molecule has 2 aliphatic heterocycles. The van der Waals surface area contributed by atoms with Gasteiger partial charge in [-0.05, 0) is 23.8 Å². The van der Waals surface area contributed by atoms with Crippen LogP contribution in [0.4, 0.5) is 5.69 Å². The molecule has 2 saturated heterocycles. The molecule has 2 heterocycles. The third kappa shape index (κ3) is 4.58. The first-order chi connectivity index (χ1) is 14.1. The second-order valence-electron chi connectivity index (χ2n) is 7.42. The normalized spacial score (nSPS) is 21.4. The summed E-state index contributed by atoms with van der Waals surface area (Å²) >= 11 is 6.03. The summed E-state index contributed by atoms with van der Waals surface area (Å²) in [4.78, 5) is 31.2. The van der Waals surface area contributed by atoms with Gasteiger partial charge in [0, 0.05) is 37.7 Å². The van der Waals surface area contributed by atoms with Crippen molar-refractivity contribution >= 4 is 35.2 Å². The Kier molecular flexibility index (Phi) is 6.09. The maximum atomic E-state index is 12.9. The highest BCUT2D eigenvalue weighted by atomic mass is 35.5. The van der Waals surface area contributed by atoms with E-state index in [1.165, 1.54) is 10.5 Å². The van der Waals surface area contributed by atoms with Crippen LogP contribution in [-0.2, 0) is 9.59 Å². The number of rotatable bonds is 5. The Labute approximate surface area is 176 Å². The molecule has 0 N–H and O–H groups in total. The lowest BCUT2D eigenvalue weighted by Crippen LogP contribution is -2.52. The van der Waals surface area contributed by atoms with Crippen molar-refractivity contribution in [1.82, 2.24) is 9.80 Å². The van der Waals surface area contributed by atoms with E-state index in [0.717, 1.165) is 32.7 Å². The van der Waals surface area contributed by atoms with Gasteiger partial charge >= 0.3 is 0 Å². The molecule has 29 heavy (non-hydrogen) atoms. The number of carbonyl (C=O) groups excluding carboxylic acids is 2. The molecule has 2 aromatic carbocycles. The first-order valence-corrected chi connectivity index (χ1v) is 10.3. The quantitative estimate of drug-likeness (QED) is 0.711. The molecule has 0 radical (unpaired) electrons. The molecule has 2 fully saturated rings. The Morgan fingerprint density at radius 2 is 1.72 bits per heavy atom. The highest BCUT2D eigenvalue weighted by Crippen LogP contribution is 2.28. The maximum Gasteiger partial charge on any atom is 0.251 e. The first-order valence-electron chi connectivity index (χ1n) is 9.92. The minimum absolute atomic E-state index is 0.144. The molecule has 1 atom stereocenters. The molecular weight excluding hydrogens is 386 g/mol. The number of piperazine rings is 1. The molecule has 150 valence electrons. The van der Waals surface area contributed by atoms with Gasteiger partial charge in [-0.2, -0.15) is 0 Å². The molecule has 1 unspecified atom stereocenters. The zero-order valence-corrected chi connectivity index (χ0v) is 17.0. The summed E-state index contributed by atoms with van der Waals surface area (Å²) in [5, 5.41) is 0.517. The van der Waals surface area contributed by atoms with Crippen molar-refractivity contribution in [1.29, 1.82) is 0 Å². The zero-order valence-electron chi connectivity index (χ0n) is 16.2. The zero-order chi connectivity index (χ0) is 20.2. The summed E-state index contributed by atoms with van der Waals surface area (Å²) in [5.74, 6) is -0.301. The number of carbonyl (C=O) groups is 2. The number of anilines is 1. The van der Waals surface area contributed by atoms with Crippen LogP contribution in [0, 0.1) is 0 Å². The average Bonchev–Trinajstić information content (AvgIpc) is 3.03. The molecule has 6 heteroatoms. The van der Waals surface area contributed by atoms with E-state index >= 15 is 0 Å². The van der Waals surface area contributed by atoms with Crippen LogP contribution >= 0.6 is 11.6 Å². The van der Waals surface area contributed by atoms with Gasteiger partial charge in [-0.25, -0.2) is 4.90 Å². The minimum atomic E-state index is -0.372. The standard InChI is InChI=1S/C23H24ClN3O2/c24-19-9-4-10-20(16-19)27-22(28)17-21(23(27)29)26-14-12-25(13-15-26)11-5-8-18-6-2-1-3-7-18/h1-10,16,21H,11-15,17H2. The average molecular weight is 410 g/mol. The molecule has 2 amide bonds. The number of hydrogen-bond acceptors (Lipinski definition) is 4. The van der Waals surface area contributed by atoms with E-state index in [0.29, 0.717) is 10.7 Å². The van der Waals surface area contributed by atoms with Gasteiger partial charge in [0.15, 0.2) is 0 Å². The Hall–Kier alpha value is -2.47. The van der Waals surface area contributed by atoms with Crippen LogP contribution in [0.3, 0.4) is 0 Å². The highest BCUT2D eigenvalue weighted by molar-refractivity contribution is 6.31. The monoisotopic (exact) mass is 409 g/mol. The molecule has 0 aromatic heterocycles. The fourth-order valence-corrected chi connectivity index (χ4v) is 4.13. The number of imide groups is 1. The molecule has 4 rings (SSSR count). The summed E-state index contributed by atoms with van der Waals surface area (Å²) in [6, 6.07) is 16.8. The fourth-order valence-electron chi connectivity index (χ4n) is 3.95. The van der Waals surface area contributed by atoms with E-state index in [9.17, 15) is 9.59 Å². The SMILES string of the molecule is O=C1CC(N2CCN(CC=Cc3ccccc3)CC2)C(=O)N1c1cccc(Cl)c1. The molecule has 0 bridgehead atoms. The van der Waals surface area contributed by atoms with Crippen LogP contribution in [0.15, 0.2) is 60.7 Å². The van der Waals surface area contributed by atoms with Crippen LogP contribution in [0.5, 0.6) is 0 Å². The van der Waals surface area contributed by atoms with Crippen molar-refractivity contribution < 1.29 is 9.59 Å². The molecule has 2 aromatic rings. The van der Waals surface area contributed by atoms with E-state index in [1.54, 1.807) is 24.3 Å². The van der Waals surface area contributed by atoms with Gasteiger partial charge in [-0.3, -0.25) is 19.4 Å². The van der Waals surface area contributed by atoms with Crippen LogP contribution < -0.4 is 4.90 Å². The minimum Gasteiger partial charge on any atom is -0.297 e. The van der Waals surface area contributed by atoms with E-state index < -0.39 is 0 Å². The predicted molar refractivity (Wildman–Crippen MR) is 116 cm³/mol. The summed E-state index contributed by atoms with van der Waals surface area (Å²) < 4.78 is 0. The second-order valence-corrected chi connectivity index (χ2v) is 7.85. The summed E-state index contributed by atoms with van der Waals surface area (Å²) in [6.07, 6.45) is 4.55. The van der Waals surface area contributed by atoms with Gasteiger partial charge in [0.1, 0.15) is 0 Å². The lowest BCUT2D eigenvalue weighted by atomic mass is 10.1. The van der Waals surface area contributed by atoms with E-state index in [2.05, 4.69) is 34.1 Å². The van der Waals surface area contributed by atoms with Crippen LogP contribution in [0.25, 0.3) is 6.08 Å². The van der Waals surface area contributed by atoms with Crippen molar-refractivity contribution in [2.45, 2.75) is 12.5 Å². The number of benzene rings is 2. The van der Waals surface area contributed by atoms with Gasteiger partial charge in [0.05, 0.1) is 18.2 Å². The van der Waals surface area contributed by atoms with E-state index in [-0.39, 0.29) is 24.3 Å². The van der Waals surface area contributed by atoms with Crippen molar-refractivity contribution in [3.8, 4) is 0 Å². The Morgan fingerprint density at radius 3 is 2.45 bits per heavy atom. The third-order valence-corrected chi connectivity index (χ3v) is 5.75. The number of nitrogens with zero attached hydrogens (tertiary/aromatic N) is 3. The lowest BCUT2D eigenvalue weighted by molar-refractivity contribution is -0.123. The van der Waals surface area contributed by atoms with Gasteiger partial charge < -0.3 is 0 Å². The number of amides is 2. The molecule has 2 aliphatic rings. The summed E-state index contributed by atoms with van der Waals surface area (Å²) in [6.45, 7) is 4.22. The van der Waals surface area contributed by atoms with Crippen LogP contribution in [-0.4, -0.2) is 60.4 Å².